The Kier molecular flexibility index (Phi) is 6.00. The second kappa shape index (κ2) is 9.23. The zero-order valence-corrected chi connectivity index (χ0v) is 19.6. The van der Waals surface area contributed by atoms with Crippen LogP contribution in [0.4, 0.5) is 11.4 Å². The van der Waals surface area contributed by atoms with Crippen LogP contribution in [0.1, 0.15) is 45.6 Å². The Morgan fingerprint density at radius 2 is 1.85 bits per heavy atom. The van der Waals surface area contributed by atoms with Crippen molar-refractivity contribution in [2.24, 2.45) is 0 Å². The van der Waals surface area contributed by atoms with Crippen molar-refractivity contribution in [1.29, 1.82) is 0 Å². The van der Waals surface area contributed by atoms with E-state index in [4.69, 9.17) is 9.37 Å². The third-order valence-corrected chi connectivity index (χ3v) is 6.99. The first-order valence-corrected chi connectivity index (χ1v) is 12.1. The van der Waals surface area contributed by atoms with E-state index in [1.54, 1.807) is 0 Å². The number of ether oxygens (including phenoxy) is 1. The number of carbonyl (C=O) groups is 1. The summed E-state index contributed by atoms with van der Waals surface area (Å²) in [5, 5.41) is 13.1. The van der Waals surface area contributed by atoms with Crippen LogP contribution in [0.15, 0.2) is 46.4 Å². The van der Waals surface area contributed by atoms with Crippen LogP contribution in [0.5, 0.6) is 5.75 Å². The molecule has 170 valence electrons. The predicted octanol–water partition coefficient (Wildman–Crippen LogP) is 5.72. The van der Waals surface area contributed by atoms with Crippen molar-refractivity contribution in [1.82, 2.24) is 10.3 Å². The minimum absolute atomic E-state index is 0.187. The molecule has 0 atom stereocenters. The Balaban J connectivity index is 1.29. The lowest BCUT2D eigenvalue weighted by molar-refractivity contribution is 0.103. The first kappa shape index (κ1) is 21.5. The third kappa shape index (κ3) is 4.43. The second-order valence-corrected chi connectivity index (χ2v) is 9.34. The van der Waals surface area contributed by atoms with E-state index >= 15 is 0 Å². The SMILES string of the molecule is Cc1cccc(C)c1OCc1csc(C(=O)Nc2ccc(N3CCCCC3)c3nonc23)c1. The monoisotopic (exact) mass is 462 g/mol. The molecule has 1 fully saturated rings. The summed E-state index contributed by atoms with van der Waals surface area (Å²) in [5.74, 6) is 0.706. The molecule has 7 nitrogen and oxygen atoms in total. The molecule has 0 unspecified atom stereocenters. The molecule has 8 heteroatoms. The summed E-state index contributed by atoms with van der Waals surface area (Å²) in [6.07, 6.45) is 3.58. The summed E-state index contributed by atoms with van der Waals surface area (Å²) in [4.78, 5) is 15.9. The Morgan fingerprint density at radius 3 is 2.64 bits per heavy atom. The first-order valence-electron chi connectivity index (χ1n) is 11.2. The number of hydrogen-bond acceptors (Lipinski definition) is 7. The van der Waals surface area contributed by atoms with Crippen molar-refractivity contribution in [3.8, 4) is 5.75 Å². The standard InChI is InChI=1S/C25H26N4O3S/c1-16-7-6-8-17(2)24(16)31-14-18-13-21(33-15-18)25(30)26-19-9-10-20(23-22(19)27-32-28-23)29-11-4-3-5-12-29/h6-10,13,15H,3-5,11-12,14H2,1-2H3,(H,26,30). The summed E-state index contributed by atoms with van der Waals surface area (Å²) >= 11 is 1.39. The van der Waals surface area contributed by atoms with Gasteiger partial charge in [0.1, 0.15) is 12.4 Å². The third-order valence-electron chi connectivity index (χ3n) is 6.01. The van der Waals surface area contributed by atoms with Gasteiger partial charge in [0.05, 0.1) is 16.3 Å². The van der Waals surface area contributed by atoms with Crippen LogP contribution in [0, 0.1) is 13.8 Å². The van der Waals surface area contributed by atoms with Gasteiger partial charge in [-0.05, 0) is 78.1 Å². The Hall–Kier alpha value is -3.39. The number of thiophene rings is 1. The van der Waals surface area contributed by atoms with Crippen LogP contribution in [0.25, 0.3) is 11.0 Å². The van der Waals surface area contributed by atoms with E-state index in [9.17, 15) is 4.79 Å². The van der Waals surface area contributed by atoms with E-state index in [2.05, 4.69) is 20.5 Å². The van der Waals surface area contributed by atoms with Crippen molar-refractivity contribution in [3.05, 3.63) is 63.3 Å². The minimum atomic E-state index is -0.187. The Morgan fingerprint density at radius 1 is 1.09 bits per heavy atom. The maximum atomic E-state index is 12.9. The zero-order chi connectivity index (χ0) is 22.8. The second-order valence-electron chi connectivity index (χ2n) is 8.42. The number of aryl methyl sites for hydroxylation is 2. The van der Waals surface area contributed by atoms with Crippen molar-refractivity contribution >= 4 is 39.7 Å². The molecule has 4 aromatic rings. The Labute approximate surface area is 196 Å². The largest absolute Gasteiger partial charge is 0.488 e. The molecule has 3 heterocycles. The molecular formula is C25H26N4O3S. The number of fused-ring (bicyclic) bond motifs is 1. The fourth-order valence-corrected chi connectivity index (χ4v) is 5.07. The maximum Gasteiger partial charge on any atom is 0.265 e. The van der Waals surface area contributed by atoms with E-state index < -0.39 is 0 Å². The van der Waals surface area contributed by atoms with E-state index in [0.29, 0.717) is 28.2 Å². The average Bonchev–Trinajstić information content (AvgIpc) is 3.50. The molecule has 0 spiro atoms. The lowest BCUT2D eigenvalue weighted by atomic mass is 10.1. The summed E-state index contributed by atoms with van der Waals surface area (Å²) < 4.78 is 11.1. The van der Waals surface area contributed by atoms with Gasteiger partial charge in [-0.1, -0.05) is 18.2 Å². The van der Waals surface area contributed by atoms with Gasteiger partial charge >= 0.3 is 0 Å². The van der Waals surface area contributed by atoms with Crippen molar-refractivity contribution < 1.29 is 14.2 Å². The fourth-order valence-electron chi connectivity index (χ4n) is 4.28. The normalized spacial score (nSPS) is 13.9. The highest BCUT2D eigenvalue weighted by Gasteiger charge is 2.20. The summed E-state index contributed by atoms with van der Waals surface area (Å²) in [5.41, 5.74) is 6.01. The average molecular weight is 463 g/mol. The molecule has 5 rings (SSSR count). The molecule has 2 aromatic carbocycles. The number of benzene rings is 2. The van der Waals surface area contributed by atoms with Crippen molar-refractivity contribution in [2.45, 2.75) is 39.7 Å². The van der Waals surface area contributed by atoms with Crippen LogP contribution in [0.3, 0.4) is 0 Å². The molecule has 1 saturated heterocycles. The number of carbonyl (C=O) groups excluding carboxylic acids is 1. The van der Waals surface area contributed by atoms with Crippen LogP contribution in [-0.4, -0.2) is 29.3 Å². The van der Waals surface area contributed by atoms with Gasteiger partial charge < -0.3 is 15.0 Å². The van der Waals surface area contributed by atoms with Gasteiger partial charge in [-0.3, -0.25) is 4.79 Å². The van der Waals surface area contributed by atoms with Crippen molar-refractivity contribution in [3.63, 3.8) is 0 Å². The molecule has 1 aliphatic rings. The fraction of sp³-hybridized carbons (Fsp3) is 0.320. The number of rotatable bonds is 6. The number of nitrogens with zero attached hydrogens (tertiary/aromatic N) is 3. The summed E-state index contributed by atoms with van der Waals surface area (Å²) in [6, 6.07) is 11.8. The van der Waals surface area contributed by atoms with Crippen LogP contribution >= 0.6 is 11.3 Å². The Bertz CT molecular complexity index is 1270. The molecule has 0 bridgehead atoms. The van der Waals surface area contributed by atoms with Gasteiger partial charge in [0, 0.05) is 18.7 Å². The van der Waals surface area contributed by atoms with Gasteiger partial charge in [0.25, 0.3) is 5.91 Å². The number of anilines is 2. The molecular weight excluding hydrogens is 436 g/mol. The quantitative estimate of drug-likeness (QED) is 0.395. The highest BCUT2D eigenvalue weighted by molar-refractivity contribution is 7.12. The lowest BCUT2D eigenvalue weighted by Crippen LogP contribution is -2.29. The van der Waals surface area contributed by atoms with Gasteiger partial charge in [0.15, 0.2) is 11.0 Å². The molecule has 0 aliphatic carbocycles. The van der Waals surface area contributed by atoms with Gasteiger partial charge in [-0.2, -0.15) is 0 Å². The maximum absolute atomic E-state index is 12.9. The number of hydrogen-bond donors (Lipinski definition) is 1. The van der Waals surface area contributed by atoms with Crippen molar-refractivity contribution in [2.75, 3.05) is 23.3 Å². The molecule has 1 N–H and O–H groups in total. The smallest absolute Gasteiger partial charge is 0.265 e. The number of amides is 1. The zero-order valence-electron chi connectivity index (χ0n) is 18.8. The topological polar surface area (TPSA) is 80.5 Å². The molecule has 1 amide bonds. The van der Waals surface area contributed by atoms with E-state index in [1.807, 2.05) is 55.6 Å². The van der Waals surface area contributed by atoms with E-state index in [0.717, 1.165) is 41.2 Å². The van der Waals surface area contributed by atoms with Crippen LogP contribution in [-0.2, 0) is 6.61 Å². The summed E-state index contributed by atoms with van der Waals surface area (Å²) in [7, 11) is 0. The molecule has 1 aliphatic heterocycles. The number of para-hydroxylation sites is 1. The van der Waals surface area contributed by atoms with Crippen LogP contribution in [0.2, 0.25) is 0 Å². The van der Waals surface area contributed by atoms with Gasteiger partial charge in [-0.15, -0.1) is 11.3 Å². The lowest BCUT2D eigenvalue weighted by Gasteiger charge is -2.28. The number of aromatic nitrogens is 2. The number of piperidine rings is 1. The molecule has 0 saturated carbocycles. The minimum Gasteiger partial charge on any atom is -0.488 e. The van der Waals surface area contributed by atoms with Gasteiger partial charge in [0.2, 0.25) is 0 Å². The molecule has 33 heavy (non-hydrogen) atoms. The summed E-state index contributed by atoms with van der Waals surface area (Å²) in [6.45, 7) is 6.47. The molecule has 0 radical (unpaired) electrons. The van der Waals surface area contributed by atoms with E-state index in [1.165, 1.54) is 30.6 Å². The first-order chi connectivity index (χ1) is 16.1. The highest BCUT2D eigenvalue weighted by Crippen LogP contribution is 2.32. The number of nitrogens with one attached hydrogen (secondary N) is 1. The highest BCUT2D eigenvalue weighted by atomic mass is 32.1. The van der Waals surface area contributed by atoms with E-state index in [-0.39, 0.29) is 5.91 Å². The predicted molar refractivity (Wildman–Crippen MR) is 130 cm³/mol. The van der Waals surface area contributed by atoms with Crippen LogP contribution < -0.4 is 15.0 Å². The molecule has 2 aromatic heterocycles. The van der Waals surface area contributed by atoms with Gasteiger partial charge in [-0.25, -0.2) is 4.63 Å².